The number of ether oxygens (including phenoxy) is 1. The van der Waals surface area contributed by atoms with Crippen LogP contribution in [0.5, 0.6) is 5.75 Å². The Kier molecular flexibility index (Phi) is 6.24. The Morgan fingerprint density at radius 2 is 2.30 bits per heavy atom. The van der Waals surface area contributed by atoms with E-state index in [0.29, 0.717) is 36.9 Å². The highest BCUT2D eigenvalue weighted by molar-refractivity contribution is 9.10. The number of fused-ring (bicyclic) bond motifs is 2. The Morgan fingerprint density at radius 1 is 1.45 bits per heavy atom. The van der Waals surface area contributed by atoms with Gasteiger partial charge in [0.1, 0.15) is 17.4 Å². The van der Waals surface area contributed by atoms with Crippen molar-refractivity contribution < 1.29 is 14.6 Å². The van der Waals surface area contributed by atoms with Gasteiger partial charge in [-0.2, -0.15) is 0 Å². The van der Waals surface area contributed by atoms with Gasteiger partial charge in [0.05, 0.1) is 12.1 Å². The SMILES string of the molecule is C[C@@H](O)C(=O)N1CCC(CCn2c(Sc3cc4c(cc3Br)CCO4)nc3c(N)nccc32)C1. The third-order valence-electron chi connectivity index (χ3n) is 6.32. The Bertz CT molecular complexity index is 1210. The summed E-state index contributed by atoms with van der Waals surface area (Å²) in [5.41, 5.74) is 9.01. The molecular formula is C23H26BrN5O3S. The molecule has 0 spiro atoms. The van der Waals surface area contributed by atoms with Crippen LogP contribution in [0.4, 0.5) is 5.82 Å². The smallest absolute Gasteiger partial charge is 0.251 e. The highest BCUT2D eigenvalue weighted by atomic mass is 79.9. The summed E-state index contributed by atoms with van der Waals surface area (Å²) in [7, 11) is 0. The third kappa shape index (κ3) is 4.43. The van der Waals surface area contributed by atoms with Crippen LogP contribution in [0, 0.1) is 5.92 Å². The molecule has 5 rings (SSSR count). The molecule has 4 heterocycles. The number of amides is 1. The molecule has 0 radical (unpaired) electrons. The van der Waals surface area contributed by atoms with E-state index in [4.69, 9.17) is 15.5 Å². The maximum Gasteiger partial charge on any atom is 0.251 e. The van der Waals surface area contributed by atoms with E-state index in [1.165, 1.54) is 12.5 Å². The molecule has 1 unspecified atom stereocenters. The molecule has 1 aromatic carbocycles. The number of carbonyl (C=O) groups is 1. The number of anilines is 1. The van der Waals surface area contributed by atoms with Crippen molar-refractivity contribution in [3.05, 3.63) is 34.4 Å². The quantitative estimate of drug-likeness (QED) is 0.501. The number of rotatable bonds is 6. The van der Waals surface area contributed by atoms with E-state index in [1.54, 1.807) is 22.9 Å². The second kappa shape index (κ2) is 9.15. The van der Waals surface area contributed by atoms with Crippen LogP contribution >= 0.6 is 27.7 Å². The van der Waals surface area contributed by atoms with Crippen molar-refractivity contribution in [3.63, 3.8) is 0 Å². The van der Waals surface area contributed by atoms with E-state index in [-0.39, 0.29) is 5.91 Å². The molecule has 2 aliphatic heterocycles. The number of hydrogen-bond donors (Lipinski definition) is 2. The number of aromatic nitrogens is 3. The summed E-state index contributed by atoms with van der Waals surface area (Å²) in [6.45, 7) is 4.36. The highest BCUT2D eigenvalue weighted by Crippen LogP contribution is 2.40. The second-order valence-electron chi connectivity index (χ2n) is 8.60. The molecule has 174 valence electrons. The number of aryl methyl sites for hydroxylation is 1. The zero-order chi connectivity index (χ0) is 23.1. The number of aliphatic hydroxyl groups is 1. The van der Waals surface area contributed by atoms with Gasteiger partial charge in [0.25, 0.3) is 5.91 Å². The molecule has 0 bridgehead atoms. The highest BCUT2D eigenvalue weighted by Gasteiger charge is 2.28. The van der Waals surface area contributed by atoms with E-state index < -0.39 is 6.10 Å². The van der Waals surface area contributed by atoms with Gasteiger partial charge in [-0.25, -0.2) is 9.97 Å². The molecular weight excluding hydrogens is 506 g/mol. The maximum absolute atomic E-state index is 12.1. The first kappa shape index (κ1) is 22.5. The van der Waals surface area contributed by atoms with Gasteiger partial charge in [-0.1, -0.05) is 11.8 Å². The van der Waals surface area contributed by atoms with Crippen LogP contribution in [0.1, 0.15) is 25.3 Å². The maximum atomic E-state index is 12.1. The number of pyridine rings is 1. The van der Waals surface area contributed by atoms with Crippen LogP contribution in [-0.2, 0) is 17.8 Å². The van der Waals surface area contributed by atoms with Crippen molar-refractivity contribution in [1.82, 2.24) is 19.4 Å². The van der Waals surface area contributed by atoms with Crippen LogP contribution < -0.4 is 10.5 Å². The Labute approximate surface area is 204 Å². The summed E-state index contributed by atoms with van der Waals surface area (Å²) in [5.74, 6) is 1.53. The molecule has 2 aromatic heterocycles. The van der Waals surface area contributed by atoms with Gasteiger partial charge in [-0.15, -0.1) is 0 Å². The van der Waals surface area contributed by atoms with Gasteiger partial charge in [0.2, 0.25) is 0 Å². The number of carbonyl (C=O) groups excluding carboxylic acids is 1. The lowest BCUT2D eigenvalue weighted by atomic mass is 10.1. The molecule has 3 N–H and O–H groups in total. The summed E-state index contributed by atoms with van der Waals surface area (Å²) >= 11 is 5.28. The monoisotopic (exact) mass is 531 g/mol. The fourth-order valence-electron chi connectivity index (χ4n) is 4.54. The number of likely N-dealkylation sites (tertiary alicyclic amines) is 1. The third-order valence-corrected chi connectivity index (χ3v) is 8.29. The molecule has 1 saturated heterocycles. The van der Waals surface area contributed by atoms with Crippen molar-refractivity contribution in [1.29, 1.82) is 0 Å². The van der Waals surface area contributed by atoms with Crippen molar-refractivity contribution in [2.75, 3.05) is 25.4 Å². The van der Waals surface area contributed by atoms with Gasteiger partial charge >= 0.3 is 0 Å². The largest absolute Gasteiger partial charge is 0.493 e. The summed E-state index contributed by atoms with van der Waals surface area (Å²) in [4.78, 5) is 24.0. The van der Waals surface area contributed by atoms with Crippen molar-refractivity contribution in [3.8, 4) is 5.75 Å². The van der Waals surface area contributed by atoms with Crippen LogP contribution in [0.2, 0.25) is 0 Å². The minimum atomic E-state index is -0.949. The van der Waals surface area contributed by atoms with Crippen molar-refractivity contribution in [2.45, 2.75) is 48.9 Å². The first-order valence-corrected chi connectivity index (χ1v) is 12.7. The summed E-state index contributed by atoms with van der Waals surface area (Å²) in [6.07, 6.45) is 3.52. The van der Waals surface area contributed by atoms with Gasteiger partial charge in [-0.3, -0.25) is 4.79 Å². The molecule has 0 aliphatic carbocycles. The number of nitrogens with zero attached hydrogens (tertiary/aromatic N) is 4. The van der Waals surface area contributed by atoms with E-state index in [9.17, 15) is 9.90 Å². The number of nitrogen functional groups attached to an aromatic ring is 1. The number of benzene rings is 1. The lowest BCUT2D eigenvalue weighted by Gasteiger charge is -2.18. The average Bonchev–Trinajstić information content (AvgIpc) is 3.51. The molecule has 2 aliphatic rings. The van der Waals surface area contributed by atoms with Crippen LogP contribution in [0.3, 0.4) is 0 Å². The van der Waals surface area contributed by atoms with E-state index >= 15 is 0 Å². The first-order valence-electron chi connectivity index (χ1n) is 11.1. The fourth-order valence-corrected chi connectivity index (χ4v) is 6.13. The van der Waals surface area contributed by atoms with Crippen molar-refractivity contribution in [2.24, 2.45) is 5.92 Å². The molecule has 8 nitrogen and oxygen atoms in total. The second-order valence-corrected chi connectivity index (χ2v) is 10.5. The minimum Gasteiger partial charge on any atom is -0.493 e. The molecule has 3 aromatic rings. The number of nitrogens with two attached hydrogens (primary N) is 1. The predicted molar refractivity (Wildman–Crippen MR) is 130 cm³/mol. The van der Waals surface area contributed by atoms with Gasteiger partial charge in [0, 0.05) is 41.6 Å². The summed E-state index contributed by atoms with van der Waals surface area (Å²) in [5, 5.41) is 10.5. The molecule has 0 saturated carbocycles. The molecule has 2 atom stereocenters. The van der Waals surface area contributed by atoms with Crippen molar-refractivity contribution >= 4 is 50.5 Å². The number of halogens is 1. The van der Waals surface area contributed by atoms with Gasteiger partial charge in [-0.05, 0) is 65.4 Å². The van der Waals surface area contributed by atoms with Crippen LogP contribution in [-0.4, -0.2) is 56.2 Å². The molecule has 10 heteroatoms. The zero-order valence-corrected chi connectivity index (χ0v) is 20.7. The Morgan fingerprint density at radius 3 is 3.12 bits per heavy atom. The summed E-state index contributed by atoms with van der Waals surface area (Å²) < 4.78 is 8.97. The normalized spacial score (nSPS) is 18.5. The Balaban J connectivity index is 1.40. The van der Waals surface area contributed by atoms with E-state index in [2.05, 4.69) is 37.6 Å². The number of hydrogen-bond acceptors (Lipinski definition) is 7. The topological polar surface area (TPSA) is 106 Å². The average molecular weight is 532 g/mol. The molecule has 1 fully saturated rings. The summed E-state index contributed by atoms with van der Waals surface area (Å²) in [6, 6.07) is 6.14. The van der Waals surface area contributed by atoms with E-state index in [0.717, 1.165) is 51.6 Å². The van der Waals surface area contributed by atoms with Gasteiger partial charge < -0.3 is 25.0 Å². The van der Waals surface area contributed by atoms with Crippen LogP contribution in [0.25, 0.3) is 11.0 Å². The van der Waals surface area contributed by atoms with E-state index in [1.807, 2.05) is 6.07 Å². The standard InChI is InChI=1S/C23H26BrN5O3S/c1-13(30)22(31)28-7-3-14(12-28)4-8-29-17-2-6-26-21(25)20(17)27-23(29)33-19-11-18-15(5-9-32-18)10-16(19)24/h2,6,10-11,13-14,30H,3-5,7-9,12H2,1H3,(H2,25,26)/t13-,14?/m1/s1. The minimum absolute atomic E-state index is 0.190. The Hall–Kier alpha value is -2.30. The molecule has 33 heavy (non-hydrogen) atoms. The molecule has 1 amide bonds. The lowest BCUT2D eigenvalue weighted by Crippen LogP contribution is -2.36. The number of imidazole rings is 1. The lowest BCUT2D eigenvalue weighted by molar-refractivity contribution is -0.138. The fraction of sp³-hybridized carbons (Fsp3) is 0.435. The zero-order valence-electron chi connectivity index (χ0n) is 18.3. The van der Waals surface area contributed by atoms with Gasteiger partial charge in [0.15, 0.2) is 11.0 Å². The predicted octanol–water partition coefficient (Wildman–Crippen LogP) is 3.48. The van der Waals surface area contributed by atoms with Crippen LogP contribution in [0.15, 0.2) is 38.9 Å². The number of aliphatic hydroxyl groups excluding tert-OH is 1. The first-order chi connectivity index (χ1) is 15.9.